The van der Waals surface area contributed by atoms with Crippen molar-refractivity contribution in [3.63, 3.8) is 0 Å². The van der Waals surface area contributed by atoms with E-state index in [0.717, 1.165) is 17.5 Å². The molecular weight excluding hydrogens is 210 g/mol. The van der Waals surface area contributed by atoms with Crippen LogP contribution in [0.15, 0.2) is 30.5 Å². The van der Waals surface area contributed by atoms with Crippen molar-refractivity contribution < 1.29 is 4.79 Å². The molecule has 0 bridgehead atoms. The molecule has 17 heavy (non-hydrogen) atoms. The van der Waals surface area contributed by atoms with Crippen LogP contribution < -0.4 is 0 Å². The molecule has 0 fully saturated rings. The first-order valence-corrected chi connectivity index (χ1v) is 6.23. The van der Waals surface area contributed by atoms with Crippen molar-refractivity contribution in [3.05, 3.63) is 36.0 Å². The maximum atomic E-state index is 11.8. The largest absolute Gasteiger partial charge is 0.361 e. The van der Waals surface area contributed by atoms with Crippen molar-refractivity contribution in [1.29, 1.82) is 0 Å². The van der Waals surface area contributed by atoms with Gasteiger partial charge in [0, 0.05) is 29.9 Å². The molecule has 2 rings (SSSR count). The van der Waals surface area contributed by atoms with Crippen molar-refractivity contribution in [2.75, 3.05) is 0 Å². The fraction of sp³-hybridized carbons (Fsp3) is 0.400. The lowest BCUT2D eigenvalue weighted by Gasteiger charge is -2.03. The minimum atomic E-state index is 0.337. The third-order valence-corrected chi connectivity index (χ3v) is 3.06. The van der Waals surface area contributed by atoms with Crippen LogP contribution in [0.1, 0.15) is 32.3 Å². The zero-order chi connectivity index (χ0) is 12.3. The number of carbonyl (C=O) groups excluding carboxylic acids is 1. The highest BCUT2D eigenvalue weighted by atomic mass is 16.1. The van der Waals surface area contributed by atoms with Crippen LogP contribution in [-0.4, -0.2) is 10.8 Å². The monoisotopic (exact) mass is 229 g/mol. The van der Waals surface area contributed by atoms with Crippen LogP contribution in [0.5, 0.6) is 0 Å². The molecule has 1 N–H and O–H groups in total. The van der Waals surface area contributed by atoms with Gasteiger partial charge in [-0.15, -0.1) is 0 Å². The Hall–Kier alpha value is -1.57. The van der Waals surface area contributed by atoms with Crippen LogP contribution in [0.4, 0.5) is 0 Å². The van der Waals surface area contributed by atoms with Crippen LogP contribution in [0.25, 0.3) is 10.9 Å². The first-order valence-electron chi connectivity index (χ1n) is 6.23. The van der Waals surface area contributed by atoms with E-state index in [1.54, 1.807) is 0 Å². The Bertz CT molecular complexity index is 510. The van der Waals surface area contributed by atoms with Gasteiger partial charge in [0.1, 0.15) is 5.78 Å². The highest BCUT2D eigenvalue weighted by Gasteiger charge is 2.09. The number of ketones is 1. The van der Waals surface area contributed by atoms with E-state index in [2.05, 4.69) is 24.9 Å². The predicted octanol–water partition coefficient (Wildman–Crippen LogP) is 3.72. The van der Waals surface area contributed by atoms with Crippen LogP contribution in [0.2, 0.25) is 0 Å². The maximum Gasteiger partial charge on any atom is 0.137 e. The molecule has 2 heteroatoms. The molecule has 0 saturated carbocycles. The molecule has 0 unspecified atom stereocenters. The smallest absolute Gasteiger partial charge is 0.137 e. The average Bonchev–Trinajstić information content (AvgIpc) is 2.70. The number of Topliss-reactive ketones (excluding diaryl/α,β-unsaturated/α-hetero) is 1. The second-order valence-corrected chi connectivity index (χ2v) is 5.01. The van der Waals surface area contributed by atoms with E-state index in [-0.39, 0.29) is 0 Å². The highest BCUT2D eigenvalue weighted by molar-refractivity contribution is 5.89. The van der Waals surface area contributed by atoms with Gasteiger partial charge in [-0.3, -0.25) is 4.79 Å². The summed E-state index contributed by atoms with van der Waals surface area (Å²) in [7, 11) is 0. The van der Waals surface area contributed by atoms with Gasteiger partial charge in [-0.2, -0.15) is 0 Å². The van der Waals surface area contributed by atoms with Gasteiger partial charge in [-0.05, 0) is 24.0 Å². The van der Waals surface area contributed by atoms with Crippen LogP contribution in [0, 0.1) is 5.92 Å². The molecule has 1 heterocycles. The second kappa shape index (κ2) is 5.17. The van der Waals surface area contributed by atoms with Crippen molar-refractivity contribution >= 4 is 16.7 Å². The highest BCUT2D eigenvalue weighted by Crippen LogP contribution is 2.19. The molecule has 0 amide bonds. The Morgan fingerprint density at radius 3 is 2.82 bits per heavy atom. The number of hydrogen-bond acceptors (Lipinski definition) is 1. The van der Waals surface area contributed by atoms with Crippen LogP contribution in [-0.2, 0) is 11.2 Å². The Kier molecular flexibility index (Phi) is 3.62. The van der Waals surface area contributed by atoms with Gasteiger partial charge in [0.15, 0.2) is 0 Å². The van der Waals surface area contributed by atoms with E-state index in [4.69, 9.17) is 0 Å². The van der Waals surface area contributed by atoms with Crippen molar-refractivity contribution in [1.82, 2.24) is 4.98 Å². The first kappa shape index (κ1) is 11.9. The standard InChI is InChI=1S/C15H19NO/c1-11(2)7-8-13(17)9-12-10-16-15-6-4-3-5-14(12)15/h3-6,10-11,16H,7-9H2,1-2H3. The number of benzene rings is 1. The number of H-pyrrole nitrogens is 1. The Morgan fingerprint density at radius 2 is 2.06 bits per heavy atom. The van der Waals surface area contributed by atoms with Crippen molar-refractivity contribution in [2.24, 2.45) is 5.92 Å². The zero-order valence-corrected chi connectivity index (χ0v) is 10.5. The summed E-state index contributed by atoms with van der Waals surface area (Å²) in [4.78, 5) is 15.1. The van der Waals surface area contributed by atoms with Gasteiger partial charge in [-0.1, -0.05) is 32.0 Å². The summed E-state index contributed by atoms with van der Waals surface area (Å²) in [5, 5.41) is 1.17. The molecular formula is C15H19NO. The predicted molar refractivity (Wildman–Crippen MR) is 71.1 cm³/mol. The lowest BCUT2D eigenvalue weighted by Crippen LogP contribution is -2.03. The van der Waals surface area contributed by atoms with E-state index < -0.39 is 0 Å². The molecule has 1 aromatic heterocycles. The van der Waals surface area contributed by atoms with Gasteiger partial charge < -0.3 is 4.98 Å². The number of aromatic amines is 1. The van der Waals surface area contributed by atoms with E-state index >= 15 is 0 Å². The number of aromatic nitrogens is 1. The quantitative estimate of drug-likeness (QED) is 0.832. The number of rotatable bonds is 5. The summed E-state index contributed by atoms with van der Waals surface area (Å²) in [5.41, 5.74) is 2.23. The number of carbonyl (C=O) groups is 1. The lowest BCUT2D eigenvalue weighted by molar-refractivity contribution is -0.118. The molecule has 0 radical (unpaired) electrons. The van der Waals surface area contributed by atoms with Crippen molar-refractivity contribution in [3.8, 4) is 0 Å². The first-order chi connectivity index (χ1) is 8.16. The Morgan fingerprint density at radius 1 is 1.29 bits per heavy atom. The summed E-state index contributed by atoms with van der Waals surface area (Å²) in [6.45, 7) is 4.30. The summed E-state index contributed by atoms with van der Waals surface area (Å²) < 4.78 is 0. The third-order valence-electron chi connectivity index (χ3n) is 3.06. The number of para-hydroxylation sites is 1. The minimum absolute atomic E-state index is 0.337. The van der Waals surface area contributed by atoms with Gasteiger partial charge in [0.25, 0.3) is 0 Å². The number of fused-ring (bicyclic) bond motifs is 1. The van der Waals surface area contributed by atoms with E-state index in [1.165, 1.54) is 5.39 Å². The number of hydrogen-bond donors (Lipinski definition) is 1. The number of nitrogens with one attached hydrogen (secondary N) is 1. The molecule has 90 valence electrons. The zero-order valence-electron chi connectivity index (χ0n) is 10.5. The molecule has 1 aromatic carbocycles. The fourth-order valence-corrected chi connectivity index (χ4v) is 2.03. The van der Waals surface area contributed by atoms with Crippen molar-refractivity contribution in [2.45, 2.75) is 33.1 Å². The molecule has 2 aromatic rings. The molecule has 0 aliphatic carbocycles. The third kappa shape index (κ3) is 2.96. The van der Waals surface area contributed by atoms with Gasteiger partial charge in [0.05, 0.1) is 0 Å². The van der Waals surface area contributed by atoms with Crippen LogP contribution >= 0.6 is 0 Å². The maximum absolute atomic E-state index is 11.8. The lowest BCUT2D eigenvalue weighted by atomic mass is 10.0. The summed E-state index contributed by atoms with van der Waals surface area (Å²) >= 11 is 0. The van der Waals surface area contributed by atoms with Crippen LogP contribution in [0.3, 0.4) is 0 Å². The normalized spacial score (nSPS) is 11.2. The topological polar surface area (TPSA) is 32.9 Å². The molecule has 0 spiro atoms. The average molecular weight is 229 g/mol. The summed E-state index contributed by atoms with van der Waals surface area (Å²) in [6, 6.07) is 8.12. The summed E-state index contributed by atoms with van der Waals surface area (Å²) in [6.07, 6.45) is 4.19. The Labute approximate surface area is 102 Å². The van der Waals surface area contributed by atoms with Gasteiger partial charge in [0.2, 0.25) is 0 Å². The molecule has 0 atom stereocenters. The minimum Gasteiger partial charge on any atom is -0.361 e. The van der Waals surface area contributed by atoms with E-state index in [1.807, 2.05) is 24.4 Å². The molecule has 0 saturated heterocycles. The van der Waals surface area contributed by atoms with E-state index in [9.17, 15) is 4.79 Å². The Balaban J connectivity index is 2.06. The molecule has 0 aliphatic heterocycles. The van der Waals surface area contributed by atoms with E-state index in [0.29, 0.717) is 24.5 Å². The molecule has 0 aliphatic rings. The van der Waals surface area contributed by atoms with Gasteiger partial charge >= 0.3 is 0 Å². The molecule has 2 nitrogen and oxygen atoms in total. The van der Waals surface area contributed by atoms with Gasteiger partial charge in [-0.25, -0.2) is 0 Å². The second-order valence-electron chi connectivity index (χ2n) is 5.01. The fourth-order valence-electron chi connectivity index (χ4n) is 2.03. The SMILES string of the molecule is CC(C)CCC(=O)Cc1c[nH]c2ccccc12. The summed E-state index contributed by atoms with van der Waals surface area (Å²) in [5.74, 6) is 0.936.